The van der Waals surface area contributed by atoms with Crippen molar-refractivity contribution in [1.29, 1.82) is 0 Å². The van der Waals surface area contributed by atoms with Crippen LogP contribution < -0.4 is 5.32 Å². The molecule has 0 aliphatic carbocycles. The molecule has 1 saturated heterocycles. The van der Waals surface area contributed by atoms with Crippen LogP contribution in [0.15, 0.2) is 85.1 Å². The van der Waals surface area contributed by atoms with Crippen LogP contribution in [0.4, 0.5) is 0 Å². The number of unbranched alkanes of at least 4 members (excludes halogenated alkanes) is 25. The highest BCUT2D eigenvalue weighted by Crippen LogP contribution is 2.23. The van der Waals surface area contributed by atoms with E-state index >= 15 is 0 Å². The monoisotopic (exact) mass is 968 g/mol. The number of nitrogens with one attached hydrogen (secondary N) is 1. The van der Waals surface area contributed by atoms with Crippen molar-refractivity contribution in [3.05, 3.63) is 85.1 Å². The molecule has 1 aliphatic heterocycles. The van der Waals surface area contributed by atoms with Crippen molar-refractivity contribution in [3.8, 4) is 0 Å². The molecule has 398 valence electrons. The summed E-state index contributed by atoms with van der Waals surface area (Å²) in [4.78, 5) is 13.0. The van der Waals surface area contributed by atoms with Gasteiger partial charge in [0, 0.05) is 6.42 Å². The number of carbonyl (C=O) groups is 1. The molecule has 7 atom stereocenters. The van der Waals surface area contributed by atoms with Crippen LogP contribution in [-0.2, 0) is 14.3 Å². The zero-order chi connectivity index (χ0) is 50.1. The van der Waals surface area contributed by atoms with Crippen molar-refractivity contribution in [2.45, 2.75) is 275 Å². The van der Waals surface area contributed by atoms with E-state index in [0.717, 1.165) is 77.0 Å². The van der Waals surface area contributed by atoms with Crippen molar-refractivity contribution in [3.63, 3.8) is 0 Å². The molecule has 69 heavy (non-hydrogen) atoms. The van der Waals surface area contributed by atoms with Gasteiger partial charge in [-0.25, -0.2) is 0 Å². The standard InChI is InChI=1S/C60H105NO8/c1-3-5-7-9-11-13-15-17-19-21-22-23-24-25-26-27-28-29-30-31-32-34-35-37-39-41-43-45-47-49-54(63)53(52-68-60-59(67)58(66)57(65)55(51-62)69-60)61-56(64)50-48-46-44-42-40-38-36-33-20-18-16-14-12-10-8-6-4-2/h6,8,12,14,18,20,32,34,36,38-39,41,47,49,53-55,57-60,62-63,65-67H,3-5,7,9-11,13,15-17,19,21-31,33,35,37,40,42-46,48,50-52H2,1-2H3,(H,61,64)/b8-6-,14-12-,20-18-,34-32+,38-36-,41-39+,49-47+. The molecule has 1 aliphatic rings. The Bertz CT molecular complexity index is 1350. The average Bonchev–Trinajstić information content (AvgIpc) is 3.35. The fraction of sp³-hybridized carbons (Fsp3) is 0.750. The van der Waals surface area contributed by atoms with Crippen molar-refractivity contribution in [1.82, 2.24) is 5.32 Å². The molecule has 1 fully saturated rings. The molecule has 1 heterocycles. The summed E-state index contributed by atoms with van der Waals surface area (Å²) in [5.74, 6) is -0.216. The Morgan fingerprint density at radius 2 is 0.913 bits per heavy atom. The van der Waals surface area contributed by atoms with Crippen molar-refractivity contribution < 1.29 is 39.8 Å². The van der Waals surface area contributed by atoms with Crippen molar-refractivity contribution in [2.75, 3.05) is 13.2 Å². The molecule has 7 unspecified atom stereocenters. The Morgan fingerprint density at radius 3 is 1.39 bits per heavy atom. The van der Waals surface area contributed by atoms with Crippen LogP contribution in [0.2, 0.25) is 0 Å². The summed E-state index contributed by atoms with van der Waals surface area (Å²) in [6, 6.07) is -0.847. The minimum absolute atomic E-state index is 0.216. The quantitative estimate of drug-likeness (QED) is 0.0261. The van der Waals surface area contributed by atoms with E-state index in [1.54, 1.807) is 6.08 Å². The summed E-state index contributed by atoms with van der Waals surface area (Å²) in [5.41, 5.74) is 0. The lowest BCUT2D eigenvalue weighted by molar-refractivity contribution is -0.302. The Morgan fingerprint density at radius 1 is 0.507 bits per heavy atom. The number of allylic oxidation sites excluding steroid dienone is 13. The largest absolute Gasteiger partial charge is 0.394 e. The minimum Gasteiger partial charge on any atom is -0.394 e. The third-order valence-electron chi connectivity index (χ3n) is 12.9. The van der Waals surface area contributed by atoms with Crippen LogP contribution in [-0.4, -0.2) is 87.5 Å². The molecule has 0 aromatic heterocycles. The summed E-state index contributed by atoms with van der Waals surface area (Å²) in [7, 11) is 0. The molecule has 0 bridgehead atoms. The maximum Gasteiger partial charge on any atom is 0.220 e. The van der Waals surface area contributed by atoms with Gasteiger partial charge in [-0.05, 0) is 83.5 Å². The van der Waals surface area contributed by atoms with E-state index in [-0.39, 0.29) is 12.5 Å². The van der Waals surface area contributed by atoms with Gasteiger partial charge < -0.3 is 40.3 Å². The van der Waals surface area contributed by atoms with E-state index in [9.17, 15) is 30.3 Å². The maximum atomic E-state index is 13.0. The second-order valence-electron chi connectivity index (χ2n) is 19.3. The molecule has 1 rings (SSSR count). The minimum atomic E-state index is -1.58. The van der Waals surface area contributed by atoms with Gasteiger partial charge in [-0.1, -0.05) is 227 Å². The average molecular weight is 968 g/mol. The van der Waals surface area contributed by atoms with Gasteiger partial charge in [0.15, 0.2) is 6.29 Å². The number of aliphatic hydroxyl groups is 5. The summed E-state index contributed by atoms with van der Waals surface area (Å²) < 4.78 is 11.2. The molecular formula is C60H105NO8. The van der Waals surface area contributed by atoms with Crippen LogP contribution in [0.5, 0.6) is 0 Å². The van der Waals surface area contributed by atoms with Gasteiger partial charge in [0.05, 0.1) is 25.4 Å². The predicted octanol–water partition coefficient (Wildman–Crippen LogP) is 13.8. The summed E-state index contributed by atoms with van der Waals surface area (Å²) in [5, 5.41) is 54.4. The lowest BCUT2D eigenvalue weighted by atomic mass is 9.99. The van der Waals surface area contributed by atoms with Crippen LogP contribution in [0.25, 0.3) is 0 Å². The Labute approximate surface area is 422 Å². The fourth-order valence-electron chi connectivity index (χ4n) is 8.47. The number of hydrogen-bond acceptors (Lipinski definition) is 8. The molecule has 0 radical (unpaired) electrons. The highest BCUT2D eigenvalue weighted by Gasteiger charge is 2.44. The predicted molar refractivity (Wildman–Crippen MR) is 290 cm³/mol. The molecular weight excluding hydrogens is 863 g/mol. The van der Waals surface area contributed by atoms with E-state index < -0.39 is 49.5 Å². The highest BCUT2D eigenvalue weighted by molar-refractivity contribution is 5.76. The van der Waals surface area contributed by atoms with Crippen molar-refractivity contribution >= 4 is 5.91 Å². The molecule has 0 aromatic carbocycles. The number of amides is 1. The van der Waals surface area contributed by atoms with E-state index in [1.807, 2.05) is 6.08 Å². The van der Waals surface area contributed by atoms with E-state index in [2.05, 4.69) is 92.1 Å². The zero-order valence-corrected chi connectivity index (χ0v) is 44.0. The van der Waals surface area contributed by atoms with Gasteiger partial charge in [-0.15, -0.1) is 0 Å². The molecule has 0 spiro atoms. The Hall–Kier alpha value is -2.63. The number of hydrogen-bond donors (Lipinski definition) is 6. The highest BCUT2D eigenvalue weighted by atomic mass is 16.7. The van der Waals surface area contributed by atoms with Crippen molar-refractivity contribution in [2.24, 2.45) is 0 Å². The molecule has 6 N–H and O–H groups in total. The first-order valence-corrected chi connectivity index (χ1v) is 28.3. The maximum absolute atomic E-state index is 13.0. The van der Waals surface area contributed by atoms with Crippen LogP contribution >= 0.6 is 0 Å². The molecule has 9 heteroatoms. The van der Waals surface area contributed by atoms with Gasteiger partial charge in [-0.2, -0.15) is 0 Å². The lowest BCUT2D eigenvalue weighted by Crippen LogP contribution is -2.60. The van der Waals surface area contributed by atoms with Crippen LogP contribution in [0.1, 0.15) is 232 Å². The summed E-state index contributed by atoms with van der Waals surface area (Å²) in [6.07, 6.45) is 62.3. The summed E-state index contributed by atoms with van der Waals surface area (Å²) in [6.45, 7) is 3.63. The first-order valence-electron chi connectivity index (χ1n) is 28.3. The number of ether oxygens (including phenoxy) is 2. The SMILES string of the molecule is CC/C=C\C/C=C\C/C=C\C/C=C\CCCCCCC(=O)NC(COC1OC(CO)C(O)C(O)C1O)C(O)/C=C/CC/C=C/CC/C=C/CCCCCCCCCCCCCCCCCCCCC. The van der Waals surface area contributed by atoms with Gasteiger partial charge in [-0.3, -0.25) is 4.79 Å². The lowest BCUT2D eigenvalue weighted by Gasteiger charge is -2.40. The van der Waals surface area contributed by atoms with Gasteiger partial charge >= 0.3 is 0 Å². The van der Waals surface area contributed by atoms with Gasteiger partial charge in [0.25, 0.3) is 0 Å². The third-order valence-corrected chi connectivity index (χ3v) is 12.9. The smallest absolute Gasteiger partial charge is 0.220 e. The van der Waals surface area contributed by atoms with Gasteiger partial charge in [0.1, 0.15) is 24.4 Å². The molecule has 1 amide bonds. The second-order valence-corrected chi connectivity index (χ2v) is 19.3. The second kappa shape index (κ2) is 49.0. The van der Waals surface area contributed by atoms with E-state index in [0.29, 0.717) is 12.8 Å². The number of carbonyl (C=O) groups excluding carboxylic acids is 1. The van der Waals surface area contributed by atoms with E-state index in [4.69, 9.17) is 9.47 Å². The normalized spacial score (nSPS) is 20.1. The summed E-state index contributed by atoms with van der Waals surface area (Å²) >= 11 is 0. The van der Waals surface area contributed by atoms with Gasteiger partial charge in [0.2, 0.25) is 5.91 Å². The zero-order valence-electron chi connectivity index (χ0n) is 44.0. The number of rotatable bonds is 47. The topological polar surface area (TPSA) is 149 Å². The van der Waals surface area contributed by atoms with Crippen LogP contribution in [0, 0.1) is 0 Å². The fourth-order valence-corrected chi connectivity index (χ4v) is 8.47. The van der Waals surface area contributed by atoms with E-state index in [1.165, 1.54) is 128 Å². The number of aliphatic hydroxyl groups excluding tert-OH is 5. The first-order chi connectivity index (χ1) is 33.8. The molecule has 0 saturated carbocycles. The first kappa shape index (κ1) is 64.4. The Kier molecular flexibility index (Phi) is 45.7. The molecule has 9 nitrogen and oxygen atoms in total. The third kappa shape index (κ3) is 38.7. The Balaban J connectivity index is 2.27. The molecule has 0 aromatic rings. The van der Waals surface area contributed by atoms with Crippen LogP contribution in [0.3, 0.4) is 0 Å².